The highest BCUT2D eigenvalue weighted by atomic mass is 16.5. The van der Waals surface area contributed by atoms with Gasteiger partial charge < -0.3 is 9.47 Å². The van der Waals surface area contributed by atoms with Gasteiger partial charge in [-0.05, 0) is 20.3 Å². The highest BCUT2D eigenvalue weighted by Crippen LogP contribution is 2.03. The molecular weight excluding hydrogens is 274 g/mol. The van der Waals surface area contributed by atoms with E-state index in [0.29, 0.717) is 37.4 Å². The van der Waals surface area contributed by atoms with Crippen LogP contribution in [0.5, 0.6) is 0 Å². The number of aromatic nitrogens is 3. The molecule has 1 heterocycles. The Bertz CT molecular complexity index is 500. The first-order valence-corrected chi connectivity index (χ1v) is 6.82. The summed E-state index contributed by atoms with van der Waals surface area (Å²) in [7, 11) is 0. The van der Waals surface area contributed by atoms with Gasteiger partial charge in [-0.25, -0.2) is 9.59 Å². The van der Waals surface area contributed by atoms with Crippen LogP contribution in [0, 0.1) is 11.8 Å². The van der Waals surface area contributed by atoms with Gasteiger partial charge in [-0.15, -0.1) is 5.10 Å². The molecule has 21 heavy (non-hydrogen) atoms. The molecule has 0 bridgehead atoms. The summed E-state index contributed by atoms with van der Waals surface area (Å²) in [5.41, 5.74) is 0.938. The van der Waals surface area contributed by atoms with Gasteiger partial charge in [0.05, 0.1) is 18.9 Å². The van der Waals surface area contributed by atoms with Crippen LogP contribution in [0.25, 0.3) is 0 Å². The second-order valence-corrected chi connectivity index (χ2v) is 3.57. The topological polar surface area (TPSA) is 94.2 Å². The average Bonchev–Trinajstić information content (AvgIpc) is 2.95. The van der Waals surface area contributed by atoms with Crippen molar-refractivity contribution in [1.29, 1.82) is 0 Å². The smallest absolute Gasteiger partial charge is 0.384 e. The lowest BCUT2D eigenvalue weighted by Crippen LogP contribution is -2.07. The molecule has 1 rings (SSSR count). The Morgan fingerprint density at radius 3 is 2.29 bits per heavy atom. The Kier molecular flexibility index (Phi) is 10.2. The third kappa shape index (κ3) is 7.72. The van der Waals surface area contributed by atoms with Crippen LogP contribution in [0.2, 0.25) is 0 Å². The summed E-state index contributed by atoms with van der Waals surface area (Å²) in [5.74, 6) is 4.09. The molecule has 0 atom stereocenters. The summed E-state index contributed by atoms with van der Waals surface area (Å²) in [6.45, 7) is 8.05. The predicted octanol–water partition coefficient (Wildman–Crippen LogP) is 1.51. The standard InChI is InChI=1S/C7H11N3O2.C7H10O2/c1-3-5-6(9-10-8-5)7(11)12-4-2;1-3-5-6-7(8)9-4-2/h3-4H2,1-2H3,(H,8,9,10);3-4H2,1-2H3. The van der Waals surface area contributed by atoms with Crippen LogP contribution < -0.4 is 0 Å². The van der Waals surface area contributed by atoms with Gasteiger partial charge in [0.2, 0.25) is 0 Å². The lowest BCUT2D eigenvalue weighted by Gasteiger charge is -1.97. The molecule has 0 saturated carbocycles. The molecule has 0 aliphatic rings. The molecule has 1 N–H and O–H groups in total. The number of aromatic amines is 1. The van der Waals surface area contributed by atoms with Crippen molar-refractivity contribution < 1.29 is 19.1 Å². The van der Waals surface area contributed by atoms with E-state index in [1.165, 1.54) is 0 Å². The first-order valence-electron chi connectivity index (χ1n) is 6.82. The lowest BCUT2D eigenvalue weighted by molar-refractivity contribution is -0.136. The van der Waals surface area contributed by atoms with Crippen LogP contribution in [0.1, 0.15) is 50.3 Å². The Hall–Kier alpha value is -2.36. The van der Waals surface area contributed by atoms with Crippen molar-refractivity contribution in [2.75, 3.05) is 13.2 Å². The van der Waals surface area contributed by atoms with Gasteiger partial charge in [0.1, 0.15) is 0 Å². The minimum absolute atomic E-state index is 0.291. The molecule has 0 saturated heterocycles. The molecule has 0 amide bonds. The number of nitrogens with zero attached hydrogens (tertiary/aromatic N) is 2. The molecule has 7 nitrogen and oxygen atoms in total. The fraction of sp³-hybridized carbons (Fsp3) is 0.571. The van der Waals surface area contributed by atoms with E-state index in [1.54, 1.807) is 13.8 Å². The van der Waals surface area contributed by atoms with Crippen molar-refractivity contribution in [1.82, 2.24) is 15.4 Å². The van der Waals surface area contributed by atoms with Crippen molar-refractivity contribution in [2.24, 2.45) is 0 Å². The molecule has 0 unspecified atom stereocenters. The normalized spacial score (nSPS) is 8.76. The van der Waals surface area contributed by atoms with Gasteiger partial charge in [0.15, 0.2) is 5.69 Å². The molecule has 0 fully saturated rings. The summed E-state index contributed by atoms with van der Waals surface area (Å²) >= 11 is 0. The molecule has 0 spiro atoms. The number of nitrogens with one attached hydrogen (secondary N) is 1. The van der Waals surface area contributed by atoms with Crippen molar-refractivity contribution in [3.63, 3.8) is 0 Å². The number of aryl methyl sites for hydroxylation is 1. The molecule has 0 aliphatic carbocycles. The first-order chi connectivity index (χ1) is 10.1. The average molecular weight is 295 g/mol. The van der Waals surface area contributed by atoms with Crippen molar-refractivity contribution >= 4 is 11.9 Å². The molecule has 1 aromatic rings. The molecule has 0 radical (unpaired) electrons. The number of carbonyl (C=O) groups is 2. The molecular formula is C14H21N3O4. The van der Waals surface area contributed by atoms with Crippen LogP contribution in [-0.2, 0) is 20.7 Å². The lowest BCUT2D eigenvalue weighted by atomic mass is 10.3. The summed E-state index contributed by atoms with van der Waals surface area (Å²) < 4.78 is 9.30. The first kappa shape index (κ1) is 18.6. The Morgan fingerprint density at radius 2 is 1.76 bits per heavy atom. The Morgan fingerprint density at radius 1 is 1.10 bits per heavy atom. The van der Waals surface area contributed by atoms with Crippen LogP contribution in [0.3, 0.4) is 0 Å². The van der Waals surface area contributed by atoms with E-state index in [2.05, 4.69) is 32.0 Å². The summed E-state index contributed by atoms with van der Waals surface area (Å²) in [4.78, 5) is 21.5. The second-order valence-electron chi connectivity index (χ2n) is 3.57. The van der Waals surface area contributed by atoms with Crippen molar-refractivity contribution in [3.05, 3.63) is 11.4 Å². The zero-order valence-electron chi connectivity index (χ0n) is 12.9. The Labute approximate surface area is 124 Å². The molecule has 1 aromatic heterocycles. The molecule has 7 heteroatoms. The third-order valence-corrected chi connectivity index (χ3v) is 2.07. The van der Waals surface area contributed by atoms with Crippen molar-refractivity contribution in [3.8, 4) is 11.8 Å². The van der Waals surface area contributed by atoms with E-state index in [1.807, 2.05) is 13.8 Å². The minimum atomic E-state index is -0.431. The van der Waals surface area contributed by atoms with E-state index in [9.17, 15) is 9.59 Å². The van der Waals surface area contributed by atoms with E-state index >= 15 is 0 Å². The number of hydrogen-bond acceptors (Lipinski definition) is 6. The fourth-order valence-corrected chi connectivity index (χ4v) is 1.19. The highest BCUT2D eigenvalue weighted by Gasteiger charge is 2.15. The van der Waals surface area contributed by atoms with Crippen LogP contribution in [0.4, 0.5) is 0 Å². The van der Waals surface area contributed by atoms with Gasteiger partial charge in [0, 0.05) is 12.3 Å². The molecule has 0 aliphatic heterocycles. The van der Waals surface area contributed by atoms with Gasteiger partial charge in [-0.2, -0.15) is 10.3 Å². The SMILES string of the molecule is CCC#CC(=O)OCC.CCOC(=O)c1n[nH]nc1CC. The van der Waals surface area contributed by atoms with Crippen molar-refractivity contribution in [2.45, 2.75) is 40.5 Å². The number of hydrogen-bond donors (Lipinski definition) is 1. The number of esters is 2. The van der Waals surface area contributed by atoms with Crippen LogP contribution >= 0.6 is 0 Å². The minimum Gasteiger partial charge on any atom is -0.461 e. The highest BCUT2D eigenvalue weighted by molar-refractivity contribution is 5.88. The van der Waals surface area contributed by atoms with E-state index in [0.717, 1.165) is 0 Å². The Balaban J connectivity index is 0.000000400. The molecule has 0 aromatic carbocycles. The maximum Gasteiger partial charge on any atom is 0.384 e. The zero-order valence-corrected chi connectivity index (χ0v) is 12.9. The predicted molar refractivity (Wildman–Crippen MR) is 76.4 cm³/mol. The van der Waals surface area contributed by atoms with E-state index < -0.39 is 11.9 Å². The second kappa shape index (κ2) is 11.5. The maximum atomic E-state index is 11.1. The van der Waals surface area contributed by atoms with E-state index in [-0.39, 0.29) is 0 Å². The third-order valence-electron chi connectivity index (χ3n) is 2.07. The number of rotatable bonds is 4. The van der Waals surface area contributed by atoms with E-state index in [4.69, 9.17) is 4.74 Å². The maximum absolute atomic E-state index is 11.1. The largest absolute Gasteiger partial charge is 0.461 e. The monoisotopic (exact) mass is 295 g/mol. The summed E-state index contributed by atoms with van der Waals surface area (Å²) in [6, 6.07) is 0. The van der Waals surface area contributed by atoms with Crippen LogP contribution in [0.15, 0.2) is 0 Å². The number of carbonyl (C=O) groups excluding carboxylic acids is 2. The van der Waals surface area contributed by atoms with Gasteiger partial charge in [-0.3, -0.25) is 0 Å². The fourth-order valence-electron chi connectivity index (χ4n) is 1.19. The zero-order chi connectivity index (χ0) is 16.1. The summed E-state index contributed by atoms with van der Waals surface area (Å²) in [5, 5.41) is 9.88. The number of ether oxygens (including phenoxy) is 2. The van der Waals surface area contributed by atoms with Gasteiger partial charge in [-0.1, -0.05) is 19.8 Å². The summed E-state index contributed by atoms with van der Waals surface area (Å²) in [6.07, 6.45) is 1.36. The van der Waals surface area contributed by atoms with Gasteiger partial charge >= 0.3 is 11.9 Å². The molecule has 116 valence electrons. The van der Waals surface area contributed by atoms with Crippen LogP contribution in [-0.4, -0.2) is 40.6 Å². The quantitative estimate of drug-likeness (QED) is 0.514. The number of H-pyrrole nitrogens is 1. The van der Waals surface area contributed by atoms with Gasteiger partial charge in [0.25, 0.3) is 0 Å².